The van der Waals surface area contributed by atoms with Gasteiger partial charge in [-0.2, -0.15) is 4.31 Å². The van der Waals surface area contributed by atoms with Gasteiger partial charge < -0.3 is 14.6 Å². The fourth-order valence-electron chi connectivity index (χ4n) is 3.76. The number of anilines is 1. The molecule has 0 bridgehead atoms. The van der Waals surface area contributed by atoms with Gasteiger partial charge in [0.05, 0.1) is 23.7 Å². The molecule has 1 atom stereocenters. The first kappa shape index (κ1) is 20.4. The third-order valence-corrected chi connectivity index (χ3v) is 7.02. The Labute approximate surface area is 166 Å². The van der Waals surface area contributed by atoms with Gasteiger partial charge in [-0.3, -0.25) is 4.79 Å². The fraction of sp³-hybridized carbons (Fsp3) is 0.450. The summed E-state index contributed by atoms with van der Waals surface area (Å²) in [5.41, 5.74) is 1.34. The number of methoxy groups -OCH3 is 1. The second-order valence-corrected chi connectivity index (χ2v) is 8.96. The van der Waals surface area contributed by atoms with Gasteiger partial charge in [0.15, 0.2) is 0 Å². The molecule has 0 unspecified atom stereocenters. The molecule has 1 aliphatic rings. The number of nitrogens with one attached hydrogen (secondary N) is 1. The van der Waals surface area contributed by atoms with Crippen LogP contribution < -0.4 is 10.1 Å². The molecule has 1 saturated heterocycles. The summed E-state index contributed by atoms with van der Waals surface area (Å²) in [6.45, 7) is 1.85. The summed E-state index contributed by atoms with van der Waals surface area (Å²) in [6.07, 6.45) is 5.54. The highest BCUT2D eigenvalue weighted by molar-refractivity contribution is 7.89. The lowest BCUT2D eigenvalue weighted by Crippen LogP contribution is -2.35. The Kier molecular flexibility index (Phi) is 6.10. The number of rotatable bonds is 5. The van der Waals surface area contributed by atoms with Gasteiger partial charge in [0.25, 0.3) is 0 Å². The van der Waals surface area contributed by atoms with Gasteiger partial charge in [0.1, 0.15) is 5.75 Å². The van der Waals surface area contributed by atoms with E-state index >= 15 is 0 Å². The van der Waals surface area contributed by atoms with Crippen molar-refractivity contribution in [3.05, 3.63) is 42.2 Å². The Morgan fingerprint density at radius 3 is 2.64 bits per heavy atom. The first-order chi connectivity index (χ1) is 13.3. The van der Waals surface area contributed by atoms with Crippen molar-refractivity contribution in [1.29, 1.82) is 0 Å². The molecule has 2 aromatic rings. The van der Waals surface area contributed by atoms with Crippen LogP contribution in [0.25, 0.3) is 0 Å². The van der Waals surface area contributed by atoms with E-state index in [-0.39, 0.29) is 16.8 Å². The lowest BCUT2D eigenvalue weighted by atomic mass is 10.1. The summed E-state index contributed by atoms with van der Waals surface area (Å²) >= 11 is 0. The van der Waals surface area contributed by atoms with Gasteiger partial charge in [0, 0.05) is 32.4 Å². The quantitative estimate of drug-likeness (QED) is 0.828. The standard InChI is InChI=1S/C20H27N3O4S/c1-15(24)21-17-14-16(10-11-20(17)27-3)28(25,26)23-13-6-4-5-8-19(23)18-9-7-12-22(18)2/h7,9-12,14,19H,4-6,8,13H2,1-3H3,(H,21,24)/t19-/m0/s1. The van der Waals surface area contributed by atoms with E-state index in [1.54, 1.807) is 10.4 Å². The highest BCUT2D eigenvalue weighted by atomic mass is 32.2. The van der Waals surface area contributed by atoms with Crippen molar-refractivity contribution in [2.45, 2.75) is 43.5 Å². The van der Waals surface area contributed by atoms with Crippen LogP contribution in [-0.4, -0.2) is 36.9 Å². The zero-order valence-electron chi connectivity index (χ0n) is 16.5. The number of benzene rings is 1. The van der Waals surface area contributed by atoms with Crippen molar-refractivity contribution in [3.63, 3.8) is 0 Å². The smallest absolute Gasteiger partial charge is 0.243 e. The summed E-state index contributed by atoms with van der Waals surface area (Å²) in [7, 11) is -0.328. The number of ether oxygens (including phenoxy) is 1. The number of carbonyl (C=O) groups excluding carboxylic acids is 1. The first-order valence-electron chi connectivity index (χ1n) is 9.43. The van der Waals surface area contributed by atoms with Crippen molar-refractivity contribution in [1.82, 2.24) is 8.87 Å². The second-order valence-electron chi connectivity index (χ2n) is 7.07. The molecule has 1 aromatic carbocycles. The van der Waals surface area contributed by atoms with Crippen molar-refractivity contribution < 1.29 is 17.9 Å². The molecule has 0 aliphatic carbocycles. The minimum atomic E-state index is -3.75. The third kappa shape index (κ3) is 4.07. The zero-order chi connectivity index (χ0) is 20.3. The van der Waals surface area contributed by atoms with Gasteiger partial charge in [0.2, 0.25) is 15.9 Å². The average molecular weight is 406 g/mol. The predicted molar refractivity (Wildman–Crippen MR) is 108 cm³/mol. The highest BCUT2D eigenvalue weighted by Crippen LogP contribution is 2.36. The van der Waals surface area contributed by atoms with Crippen LogP contribution in [0.5, 0.6) is 5.75 Å². The maximum atomic E-state index is 13.6. The number of hydrogen-bond acceptors (Lipinski definition) is 4. The number of sulfonamides is 1. The molecule has 1 fully saturated rings. The molecule has 2 heterocycles. The lowest BCUT2D eigenvalue weighted by molar-refractivity contribution is -0.114. The number of carbonyl (C=O) groups is 1. The van der Waals surface area contributed by atoms with Gasteiger partial charge in [-0.25, -0.2) is 8.42 Å². The van der Waals surface area contributed by atoms with E-state index in [0.29, 0.717) is 18.0 Å². The molecule has 28 heavy (non-hydrogen) atoms. The Bertz CT molecular complexity index is 952. The van der Waals surface area contributed by atoms with E-state index in [2.05, 4.69) is 5.32 Å². The van der Waals surface area contributed by atoms with Crippen LogP contribution in [0.1, 0.15) is 44.3 Å². The largest absolute Gasteiger partial charge is 0.495 e. The molecule has 0 spiro atoms. The van der Waals surface area contributed by atoms with E-state index in [9.17, 15) is 13.2 Å². The molecule has 0 saturated carbocycles. The molecule has 152 valence electrons. The minimum Gasteiger partial charge on any atom is -0.495 e. The SMILES string of the molecule is COc1ccc(S(=O)(=O)N2CCCCC[C@H]2c2cccn2C)cc1NC(C)=O. The van der Waals surface area contributed by atoms with Crippen molar-refractivity contribution in [3.8, 4) is 5.75 Å². The van der Waals surface area contributed by atoms with E-state index < -0.39 is 10.0 Å². The topological polar surface area (TPSA) is 80.6 Å². The van der Waals surface area contributed by atoms with E-state index in [0.717, 1.165) is 31.4 Å². The monoisotopic (exact) mass is 405 g/mol. The number of aromatic nitrogens is 1. The maximum Gasteiger partial charge on any atom is 0.243 e. The van der Waals surface area contributed by atoms with Crippen molar-refractivity contribution >= 4 is 21.6 Å². The lowest BCUT2D eigenvalue weighted by Gasteiger charge is -2.30. The minimum absolute atomic E-state index is 0.151. The summed E-state index contributed by atoms with van der Waals surface area (Å²) in [6, 6.07) is 8.30. The normalized spacial score (nSPS) is 18.5. The molecule has 1 aliphatic heterocycles. The summed E-state index contributed by atoms with van der Waals surface area (Å²) < 4.78 is 36.0. The third-order valence-electron chi connectivity index (χ3n) is 5.12. The summed E-state index contributed by atoms with van der Waals surface area (Å²) in [4.78, 5) is 11.7. The van der Waals surface area contributed by atoms with Gasteiger partial charge in [-0.15, -0.1) is 0 Å². The fourth-order valence-corrected chi connectivity index (χ4v) is 5.45. The van der Waals surface area contributed by atoms with Crippen LogP contribution in [0.2, 0.25) is 0 Å². The average Bonchev–Trinajstić information content (AvgIpc) is 2.92. The molecule has 0 radical (unpaired) electrons. The molecule has 1 aromatic heterocycles. The maximum absolute atomic E-state index is 13.6. The Morgan fingerprint density at radius 1 is 1.21 bits per heavy atom. The molecule has 1 amide bonds. The number of aryl methyl sites for hydroxylation is 1. The van der Waals surface area contributed by atoms with E-state index in [1.165, 1.54) is 26.2 Å². The summed E-state index contributed by atoms with van der Waals surface area (Å²) in [5.74, 6) is 0.133. The molecular weight excluding hydrogens is 378 g/mol. The number of nitrogens with zero attached hydrogens (tertiary/aromatic N) is 2. The van der Waals surface area contributed by atoms with Crippen molar-refractivity contribution in [2.75, 3.05) is 19.0 Å². The van der Waals surface area contributed by atoms with Crippen LogP contribution in [-0.2, 0) is 21.9 Å². The Morgan fingerprint density at radius 2 is 2.00 bits per heavy atom. The predicted octanol–water partition coefficient (Wildman–Crippen LogP) is 3.30. The van der Waals surface area contributed by atoms with Crippen LogP contribution in [0.15, 0.2) is 41.4 Å². The summed E-state index contributed by atoms with van der Waals surface area (Å²) in [5, 5.41) is 2.65. The van der Waals surface area contributed by atoms with Crippen molar-refractivity contribution in [2.24, 2.45) is 7.05 Å². The van der Waals surface area contributed by atoms with Gasteiger partial charge >= 0.3 is 0 Å². The van der Waals surface area contributed by atoms with Crippen LogP contribution in [0.4, 0.5) is 5.69 Å². The molecule has 8 heteroatoms. The van der Waals surface area contributed by atoms with E-state index in [4.69, 9.17) is 4.74 Å². The highest BCUT2D eigenvalue weighted by Gasteiger charge is 2.34. The zero-order valence-corrected chi connectivity index (χ0v) is 17.3. The first-order valence-corrected chi connectivity index (χ1v) is 10.9. The molecule has 3 rings (SSSR count). The van der Waals surface area contributed by atoms with E-state index in [1.807, 2.05) is 29.9 Å². The molecule has 1 N–H and O–H groups in total. The number of hydrogen-bond donors (Lipinski definition) is 1. The van der Waals surface area contributed by atoms with Gasteiger partial charge in [-0.05, 0) is 43.2 Å². The van der Waals surface area contributed by atoms with Crippen LogP contribution >= 0.6 is 0 Å². The Hall–Kier alpha value is -2.32. The molecular formula is C20H27N3O4S. The Balaban J connectivity index is 2.04. The second kappa shape index (κ2) is 8.36. The van der Waals surface area contributed by atoms with Crippen LogP contribution in [0, 0.1) is 0 Å². The molecule has 7 nitrogen and oxygen atoms in total. The van der Waals surface area contributed by atoms with Gasteiger partial charge in [-0.1, -0.05) is 12.8 Å². The number of amides is 1. The van der Waals surface area contributed by atoms with Crippen LogP contribution in [0.3, 0.4) is 0 Å².